The second-order valence-electron chi connectivity index (χ2n) is 5.30. The van der Waals surface area contributed by atoms with Crippen LogP contribution in [0.4, 0.5) is 5.82 Å². The summed E-state index contributed by atoms with van der Waals surface area (Å²) >= 11 is 0. The first-order valence-corrected chi connectivity index (χ1v) is 7.12. The number of nitrogens with two attached hydrogens (primary N) is 1. The van der Waals surface area contributed by atoms with E-state index in [4.69, 9.17) is 15.0 Å². The van der Waals surface area contributed by atoms with Gasteiger partial charge in [0, 0.05) is 6.54 Å². The van der Waals surface area contributed by atoms with Gasteiger partial charge in [-0.25, -0.2) is 4.98 Å². The molecule has 1 aliphatic heterocycles. The van der Waals surface area contributed by atoms with Crippen molar-refractivity contribution in [2.24, 2.45) is 0 Å². The third-order valence-corrected chi connectivity index (χ3v) is 3.72. The van der Waals surface area contributed by atoms with E-state index in [2.05, 4.69) is 10.1 Å². The van der Waals surface area contributed by atoms with E-state index >= 15 is 0 Å². The lowest BCUT2D eigenvalue weighted by Crippen LogP contribution is -2.42. The summed E-state index contributed by atoms with van der Waals surface area (Å²) in [5.41, 5.74) is 7.57. The van der Waals surface area contributed by atoms with E-state index in [1.807, 2.05) is 12.1 Å². The minimum absolute atomic E-state index is 0.0894. The van der Waals surface area contributed by atoms with Crippen LogP contribution in [0.5, 0.6) is 0 Å². The molecule has 0 bridgehead atoms. The minimum atomic E-state index is -0.276. The molecule has 1 saturated heterocycles. The number of aryl methyl sites for hydroxylation is 2. The zero-order valence-electron chi connectivity index (χ0n) is 12.6. The average molecular weight is 302 g/mol. The summed E-state index contributed by atoms with van der Waals surface area (Å²) in [5.74, 6) is 0.886. The zero-order chi connectivity index (χ0) is 15.7. The lowest BCUT2D eigenvalue weighted by atomic mass is 10.1. The van der Waals surface area contributed by atoms with Gasteiger partial charge in [-0.05, 0) is 26.0 Å². The summed E-state index contributed by atoms with van der Waals surface area (Å²) in [4.78, 5) is 18.7. The molecule has 7 heteroatoms. The minimum Gasteiger partial charge on any atom is -0.384 e. The Balaban J connectivity index is 1.80. The van der Waals surface area contributed by atoms with Gasteiger partial charge in [-0.15, -0.1) is 0 Å². The van der Waals surface area contributed by atoms with Gasteiger partial charge in [0.2, 0.25) is 0 Å². The number of pyridine rings is 1. The van der Waals surface area contributed by atoms with Crippen LogP contribution in [0.3, 0.4) is 0 Å². The number of nitrogen functional groups attached to an aromatic ring is 1. The molecule has 1 aliphatic rings. The lowest BCUT2D eigenvalue weighted by Gasteiger charge is -2.32. The number of hydrogen-bond donors (Lipinski definition) is 1. The first kappa shape index (κ1) is 14.5. The largest absolute Gasteiger partial charge is 0.384 e. The normalized spacial score (nSPS) is 18.5. The Bertz CT molecular complexity index is 678. The number of rotatable bonds is 2. The van der Waals surface area contributed by atoms with E-state index in [0.29, 0.717) is 42.5 Å². The number of amides is 1. The summed E-state index contributed by atoms with van der Waals surface area (Å²) in [5, 5.41) is 3.84. The van der Waals surface area contributed by atoms with Gasteiger partial charge in [0.25, 0.3) is 5.91 Å². The van der Waals surface area contributed by atoms with Gasteiger partial charge in [-0.2, -0.15) is 0 Å². The van der Waals surface area contributed by atoms with Crippen LogP contribution in [0.2, 0.25) is 0 Å². The number of ether oxygens (including phenoxy) is 1. The Morgan fingerprint density at radius 3 is 2.91 bits per heavy atom. The van der Waals surface area contributed by atoms with Crippen LogP contribution in [0.1, 0.15) is 33.6 Å². The third kappa shape index (κ3) is 2.67. The van der Waals surface area contributed by atoms with Gasteiger partial charge < -0.3 is 19.9 Å². The summed E-state index contributed by atoms with van der Waals surface area (Å²) < 4.78 is 10.8. The predicted octanol–water partition coefficient (Wildman–Crippen LogP) is 1.48. The Kier molecular flexibility index (Phi) is 3.81. The molecule has 2 aromatic heterocycles. The maximum atomic E-state index is 12.7. The maximum Gasteiger partial charge on any atom is 0.259 e. The first-order chi connectivity index (χ1) is 10.6. The summed E-state index contributed by atoms with van der Waals surface area (Å²) in [6.07, 6.45) is -0.276. The molecule has 0 saturated carbocycles. The molecule has 3 rings (SSSR count). The molecule has 2 aromatic rings. The van der Waals surface area contributed by atoms with Crippen molar-refractivity contribution in [1.29, 1.82) is 0 Å². The van der Waals surface area contributed by atoms with Crippen LogP contribution in [0.15, 0.2) is 22.7 Å². The van der Waals surface area contributed by atoms with Crippen LogP contribution in [0.25, 0.3) is 0 Å². The van der Waals surface area contributed by atoms with Crippen LogP contribution in [-0.4, -0.2) is 40.6 Å². The number of anilines is 1. The van der Waals surface area contributed by atoms with Crippen molar-refractivity contribution in [3.8, 4) is 0 Å². The standard InChI is InChI=1S/C15H18N4O3/c1-9-14(10(2)22-18-9)15(20)19-6-7-21-12(8-19)11-4-3-5-13(16)17-11/h3-5,12H,6-8H2,1-2H3,(H2,16,17)/t12-/m1/s1. The molecule has 116 valence electrons. The van der Waals surface area contributed by atoms with Crippen LogP contribution in [-0.2, 0) is 4.74 Å². The van der Waals surface area contributed by atoms with Crippen molar-refractivity contribution in [3.05, 3.63) is 40.9 Å². The molecule has 0 aliphatic carbocycles. The van der Waals surface area contributed by atoms with Crippen molar-refractivity contribution in [3.63, 3.8) is 0 Å². The zero-order valence-corrected chi connectivity index (χ0v) is 12.6. The highest BCUT2D eigenvalue weighted by molar-refractivity contribution is 5.96. The van der Waals surface area contributed by atoms with E-state index in [0.717, 1.165) is 5.69 Å². The van der Waals surface area contributed by atoms with Gasteiger partial charge in [0.05, 0.1) is 24.5 Å². The highest BCUT2D eigenvalue weighted by Crippen LogP contribution is 2.24. The van der Waals surface area contributed by atoms with Crippen molar-refractivity contribution in [1.82, 2.24) is 15.0 Å². The van der Waals surface area contributed by atoms with E-state index in [1.165, 1.54) is 0 Å². The fourth-order valence-electron chi connectivity index (χ4n) is 2.61. The van der Waals surface area contributed by atoms with Gasteiger partial charge >= 0.3 is 0 Å². The molecule has 7 nitrogen and oxygen atoms in total. The molecule has 0 aromatic carbocycles. The number of morpholine rings is 1. The average Bonchev–Trinajstić information content (AvgIpc) is 2.86. The van der Waals surface area contributed by atoms with Crippen LogP contribution >= 0.6 is 0 Å². The second kappa shape index (κ2) is 5.76. The number of aromatic nitrogens is 2. The maximum absolute atomic E-state index is 12.7. The molecule has 0 unspecified atom stereocenters. The molecule has 1 atom stereocenters. The van der Waals surface area contributed by atoms with Gasteiger partial charge in [0.1, 0.15) is 23.2 Å². The Labute approximate surface area is 128 Å². The van der Waals surface area contributed by atoms with Gasteiger partial charge in [-0.3, -0.25) is 4.79 Å². The van der Waals surface area contributed by atoms with Gasteiger partial charge in [-0.1, -0.05) is 11.2 Å². The quantitative estimate of drug-likeness (QED) is 0.903. The Morgan fingerprint density at radius 1 is 1.41 bits per heavy atom. The highest BCUT2D eigenvalue weighted by Gasteiger charge is 2.30. The van der Waals surface area contributed by atoms with Crippen molar-refractivity contribution in [2.75, 3.05) is 25.4 Å². The van der Waals surface area contributed by atoms with Crippen LogP contribution in [0, 0.1) is 13.8 Å². The summed E-state index contributed by atoms with van der Waals surface area (Å²) in [6, 6.07) is 5.40. The number of carbonyl (C=O) groups excluding carboxylic acids is 1. The van der Waals surface area contributed by atoms with E-state index in [9.17, 15) is 4.79 Å². The molecular formula is C15H18N4O3. The van der Waals surface area contributed by atoms with E-state index < -0.39 is 0 Å². The molecule has 22 heavy (non-hydrogen) atoms. The molecule has 0 spiro atoms. The van der Waals surface area contributed by atoms with E-state index in [-0.39, 0.29) is 12.0 Å². The predicted molar refractivity (Wildman–Crippen MR) is 79.2 cm³/mol. The molecular weight excluding hydrogens is 284 g/mol. The van der Waals surface area contributed by atoms with Crippen molar-refractivity contribution >= 4 is 11.7 Å². The number of hydrogen-bond acceptors (Lipinski definition) is 6. The molecule has 3 heterocycles. The fourth-order valence-corrected chi connectivity index (χ4v) is 2.61. The third-order valence-electron chi connectivity index (χ3n) is 3.72. The Morgan fingerprint density at radius 2 is 2.23 bits per heavy atom. The van der Waals surface area contributed by atoms with Crippen LogP contribution < -0.4 is 5.73 Å². The molecule has 1 fully saturated rings. The smallest absolute Gasteiger partial charge is 0.259 e. The lowest BCUT2D eigenvalue weighted by molar-refractivity contribution is -0.0247. The highest BCUT2D eigenvalue weighted by atomic mass is 16.5. The fraction of sp³-hybridized carbons (Fsp3) is 0.400. The first-order valence-electron chi connectivity index (χ1n) is 7.12. The molecule has 2 N–H and O–H groups in total. The van der Waals surface area contributed by atoms with Gasteiger partial charge in [0.15, 0.2) is 0 Å². The van der Waals surface area contributed by atoms with E-state index in [1.54, 1.807) is 24.8 Å². The topological polar surface area (TPSA) is 94.5 Å². The second-order valence-corrected chi connectivity index (χ2v) is 5.30. The summed E-state index contributed by atoms with van der Waals surface area (Å²) in [7, 11) is 0. The molecule has 1 amide bonds. The SMILES string of the molecule is Cc1noc(C)c1C(=O)N1CCO[C@@H](c2cccc(N)n2)C1. The number of nitrogens with zero attached hydrogens (tertiary/aromatic N) is 3. The van der Waals surface area contributed by atoms with Crippen molar-refractivity contribution < 1.29 is 14.1 Å². The number of carbonyl (C=O) groups is 1. The van der Waals surface area contributed by atoms with Crippen molar-refractivity contribution in [2.45, 2.75) is 20.0 Å². The molecule has 0 radical (unpaired) electrons. The monoisotopic (exact) mass is 302 g/mol. The Hall–Kier alpha value is -2.41. The summed E-state index contributed by atoms with van der Waals surface area (Å²) in [6.45, 7) is 4.92.